The van der Waals surface area contributed by atoms with Gasteiger partial charge in [-0.25, -0.2) is 8.42 Å². The van der Waals surface area contributed by atoms with Crippen molar-refractivity contribution in [1.82, 2.24) is 4.47 Å². The second-order valence-electron chi connectivity index (χ2n) is 3.76. The van der Waals surface area contributed by atoms with Crippen LogP contribution in [0.3, 0.4) is 0 Å². The Bertz CT molecular complexity index is 528. The highest BCUT2D eigenvalue weighted by Gasteiger charge is 2.23. The number of sulfonamides is 1. The Balaban J connectivity index is 2.39. The molecule has 100 valence electrons. The zero-order valence-electron chi connectivity index (χ0n) is 10.3. The number of fused-ring (bicyclic) bond motifs is 1. The largest absolute Gasteiger partial charge is 0.490 e. The summed E-state index contributed by atoms with van der Waals surface area (Å²) in [6.07, 6.45) is 0.773. The van der Waals surface area contributed by atoms with E-state index in [1.165, 1.54) is 26.3 Å². The molecule has 0 N–H and O–H groups in total. The third-order valence-corrected chi connectivity index (χ3v) is 4.29. The molecule has 0 unspecified atom stereocenters. The third kappa shape index (κ3) is 2.43. The third-order valence-electron chi connectivity index (χ3n) is 2.61. The molecule has 0 spiro atoms. The van der Waals surface area contributed by atoms with Crippen molar-refractivity contribution in [3.8, 4) is 11.5 Å². The first-order valence-corrected chi connectivity index (χ1v) is 6.92. The first-order chi connectivity index (χ1) is 8.55. The number of rotatable bonds is 3. The van der Waals surface area contributed by atoms with Gasteiger partial charge in [-0.3, -0.25) is 4.84 Å². The molecule has 0 aromatic heterocycles. The average Bonchev–Trinajstić information content (AvgIpc) is 2.61. The van der Waals surface area contributed by atoms with Crippen LogP contribution < -0.4 is 9.47 Å². The molecule has 0 saturated heterocycles. The summed E-state index contributed by atoms with van der Waals surface area (Å²) in [5, 5.41) is 0. The van der Waals surface area contributed by atoms with Crippen molar-refractivity contribution in [1.29, 1.82) is 0 Å². The Morgan fingerprint density at radius 3 is 2.56 bits per heavy atom. The van der Waals surface area contributed by atoms with E-state index in [1.807, 2.05) is 0 Å². The molecule has 1 aromatic carbocycles. The van der Waals surface area contributed by atoms with Crippen LogP contribution in [0.25, 0.3) is 0 Å². The van der Waals surface area contributed by atoms with E-state index in [1.54, 1.807) is 6.07 Å². The second kappa shape index (κ2) is 5.13. The standard InChI is InChI=1S/C11H15NO5S/c1-12(15-2)18(13,14)9-4-5-10-11(8-9)17-7-3-6-16-10/h4-5,8H,3,6-7H2,1-2H3. The highest BCUT2D eigenvalue weighted by Crippen LogP contribution is 2.32. The predicted octanol–water partition coefficient (Wildman–Crippen LogP) is 1.03. The molecule has 0 atom stereocenters. The van der Waals surface area contributed by atoms with Crippen molar-refractivity contribution in [2.24, 2.45) is 0 Å². The molecule has 1 aliphatic heterocycles. The van der Waals surface area contributed by atoms with Gasteiger partial charge in [-0.15, -0.1) is 0 Å². The van der Waals surface area contributed by atoms with Crippen molar-refractivity contribution in [2.75, 3.05) is 27.4 Å². The van der Waals surface area contributed by atoms with Crippen LogP contribution in [0.2, 0.25) is 0 Å². The normalized spacial score (nSPS) is 15.5. The van der Waals surface area contributed by atoms with E-state index in [-0.39, 0.29) is 4.90 Å². The van der Waals surface area contributed by atoms with Crippen molar-refractivity contribution in [3.05, 3.63) is 18.2 Å². The van der Waals surface area contributed by atoms with E-state index in [0.717, 1.165) is 10.9 Å². The number of ether oxygens (including phenoxy) is 2. The van der Waals surface area contributed by atoms with Crippen LogP contribution in [0.15, 0.2) is 23.1 Å². The smallest absolute Gasteiger partial charge is 0.264 e. The molecule has 0 fully saturated rings. The lowest BCUT2D eigenvalue weighted by Crippen LogP contribution is -2.25. The summed E-state index contributed by atoms with van der Waals surface area (Å²) in [4.78, 5) is 4.82. The zero-order chi connectivity index (χ0) is 13.2. The van der Waals surface area contributed by atoms with E-state index in [0.29, 0.717) is 24.7 Å². The molecule has 0 aliphatic carbocycles. The molecule has 18 heavy (non-hydrogen) atoms. The highest BCUT2D eigenvalue weighted by atomic mass is 32.2. The number of hydroxylamine groups is 1. The van der Waals surface area contributed by atoms with Crippen LogP contribution in [-0.2, 0) is 14.9 Å². The van der Waals surface area contributed by atoms with Gasteiger partial charge >= 0.3 is 0 Å². The Hall–Kier alpha value is -1.31. The summed E-state index contributed by atoms with van der Waals surface area (Å²) < 4.78 is 35.8. The molecule has 0 saturated carbocycles. The van der Waals surface area contributed by atoms with E-state index in [4.69, 9.17) is 14.3 Å². The van der Waals surface area contributed by atoms with Crippen molar-refractivity contribution in [2.45, 2.75) is 11.3 Å². The van der Waals surface area contributed by atoms with Crippen LogP contribution in [0.4, 0.5) is 0 Å². The maximum atomic E-state index is 12.0. The Kier molecular flexibility index (Phi) is 3.74. The van der Waals surface area contributed by atoms with Crippen LogP contribution in [0.5, 0.6) is 11.5 Å². The van der Waals surface area contributed by atoms with Crippen molar-refractivity contribution < 1.29 is 22.7 Å². The zero-order valence-corrected chi connectivity index (χ0v) is 11.1. The molecule has 6 nitrogen and oxygen atoms in total. The molecule has 0 radical (unpaired) electrons. The molecule has 7 heteroatoms. The van der Waals surface area contributed by atoms with Gasteiger partial charge < -0.3 is 9.47 Å². The molecule has 1 aromatic rings. The van der Waals surface area contributed by atoms with Gasteiger partial charge in [-0.05, 0) is 12.1 Å². The Labute approximate surface area is 106 Å². The van der Waals surface area contributed by atoms with Crippen LogP contribution in [-0.4, -0.2) is 40.3 Å². The summed E-state index contributed by atoms with van der Waals surface area (Å²) in [6.45, 7) is 1.08. The Morgan fingerprint density at radius 2 is 1.89 bits per heavy atom. The van der Waals surface area contributed by atoms with E-state index < -0.39 is 10.0 Å². The van der Waals surface area contributed by atoms with Crippen LogP contribution in [0.1, 0.15) is 6.42 Å². The fraction of sp³-hybridized carbons (Fsp3) is 0.455. The number of benzene rings is 1. The van der Waals surface area contributed by atoms with E-state index in [2.05, 4.69) is 0 Å². The van der Waals surface area contributed by atoms with Gasteiger partial charge in [0.1, 0.15) is 0 Å². The topological polar surface area (TPSA) is 65.1 Å². The fourth-order valence-corrected chi connectivity index (χ4v) is 2.54. The summed E-state index contributed by atoms with van der Waals surface area (Å²) in [5.41, 5.74) is 0. The minimum absolute atomic E-state index is 0.108. The van der Waals surface area contributed by atoms with Crippen molar-refractivity contribution >= 4 is 10.0 Å². The number of nitrogens with zero attached hydrogens (tertiary/aromatic N) is 1. The quantitative estimate of drug-likeness (QED) is 0.770. The maximum absolute atomic E-state index is 12.0. The number of hydrogen-bond acceptors (Lipinski definition) is 5. The maximum Gasteiger partial charge on any atom is 0.264 e. The second-order valence-corrected chi connectivity index (χ2v) is 5.69. The van der Waals surface area contributed by atoms with Crippen LogP contribution >= 0.6 is 0 Å². The highest BCUT2D eigenvalue weighted by molar-refractivity contribution is 7.89. The van der Waals surface area contributed by atoms with Gasteiger partial charge in [-0.1, -0.05) is 4.47 Å². The lowest BCUT2D eigenvalue weighted by Gasteiger charge is -2.15. The van der Waals surface area contributed by atoms with Gasteiger partial charge in [0.05, 0.1) is 25.2 Å². The summed E-state index contributed by atoms with van der Waals surface area (Å²) in [7, 11) is -1.03. The van der Waals surface area contributed by atoms with Crippen molar-refractivity contribution in [3.63, 3.8) is 0 Å². The van der Waals surface area contributed by atoms with E-state index in [9.17, 15) is 8.42 Å². The van der Waals surface area contributed by atoms with Crippen LogP contribution in [0, 0.1) is 0 Å². The van der Waals surface area contributed by atoms with Gasteiger partial charge in [0, 0.05) is 19.5 Å². The molecule has 1 heterocycles. The predicted molar refractivity (Wildman–Crippen MR) is 64.0 cm³/mol. The first-order valence-electron chi connectivity index (χ1n) is 5.48. The monoisotopic (exact) mass is 273 g/mol. The lowest BCUT2D eigenvalue weighted by molar-refractivity contribution is -0.0258. The molecule has 0 amide bonds. The Morgan fingerprint density at radius 1 is 1.22 bits per heavy atom. The van der Waals surface area contributed by atoms with Gasteiger partial charge in [0.25, 0.3) is 10.0 Å². The van der Waals surface area contributed by atoms with Gasteiger partial charge in [-0.2, -0.15) is 0 Å². The minimum atomic E-state index is -3.66. The number of hydrogen-bond donors (Lipinski definition) is 0. The summed E-state index contributed by atoms with van der Waals surface area (Å²) in [6, 6.07) is 4.51. The molecular weight excluding hydrogens is 258 g/mol. The molecular formula is C11H15NO5S. The SMILES string of the molecule is CON(C)S(=O)(=O)c1ccc2c(c1)OCCCO2. The minimum Gasteiger partial charge on any atom is -0.490 e. The average molecular weight is 273 g/mol. The fourth-order valence-electron chi connectivity index (χ4n) is 1.55. The molecule has 0 bridgehead atoms. The molecule has 2 rings (SSSR count). The summed E-state index contributed by atoms with van der Waals surface area (Å²) >= 11 is 0. The summed E-state index contributed by atoms with van der Waals surface area (Å²) in [5.74, 6) is 1.00. The first kappa shape index (κ1) is 13.1. The molecule has 1 aliphatic rings. The van der Waals surface area contributed by atoms with Gasteiger partial charge in [0.2, 0.25) is 0 Å². The van der Waals surface area contributed by atoms with Gasteiger partial charge in [0.15, 0.2) is 11.5 Å². The lowest BCUT2D eigenvalue weighted by atomic mass is 10.3. The van der Waals surface area contributed by atoms with E-state index >= 15 is 0 Å².